The average Bonchev–Trinajstić information content (AvgIpc) is 3.16. The van der Waals surface area contributed by atoms with Crippen LogP contribution in [0.4, 0.5) is 0 Å². The molecule has 0 atom stereocenters. The number of furan rings is 1. The molecule has 8 heteroatoms. The first kappa shape index (κ1) is 18.9. The number of halogens is 1. The summed E-state index contributed by atoms with van der Waals surface area (Å²) in [6.45, 7) is 3.30. The average molecular weight is 397 g/mol. The third kappa shape index (κ3) is 4.28. The van der Waals surface area contributed by atoms with E-state index >= 15 is 0 Å². The highest BCUT2D eigenvalue weighted by Gasteiger charge is 2.26. The monoisotopic (exact) mass is 396 g/mol. The number of hydrogen-bond acceptors (Lipinski definition) is 4. The number of rotatable bonds is 5. The Bertz CT molecular complexity index is 873. The molecular weight excluding hydrogens is 376 g/mol. The molecule has 1 aliphatic heterocycles. The summed E-state index contributed by atoms with van der Waals surface area (Å²) in [6.07, 6.45) is 4.42. The van der Waals surface area contributed by atoms with Crippen LogP contribution in [0.5, 0.6) is 0 Å². The third-order valence-corrected chi connectivity index (χ3v) is 6.47. The fraction of sp³-hybridized carbons (Fsp3) is 0.389. The van der Waals surface area contributed by atoms with Gasteiger partial charge in [0, 0.05) is 24.7 Å². The minimum atomic E-state index is -3.61. The van der Waals surface area contributed by atoms with Gasteiger partial charge in [0.15, 0.2) is 0 Å². The molecule has 1 amide bonds. The number of nitrogens with zero attached hydrogens (tertiary/aromatic N) is 1. The van der Waals surface area contributed by atoms with E-state index in [1.54, 1.807) is 30.0 Å². The summed E-state index contributed by atoms with van der Waals surface area (Å²) in [5.41, 5.74) is 1.20. The molecule has 1 aliphatic rings. The molecule has 1 saturated heterocycles. The Morgan fingerprint density at radius 1 is 1.31 bits per heavy atom. The smallest absolute Gasteiger partial charge is 0.257 e. The van der Waals surface area contributed by atoms with Gasteiger partial charge in [0.2, 0.25) is 10.0 Å². The van der Waals surface area contributed by atoms with E-state index in [4.69, 9.17) is 16.0 Å². The Balaban J connectivity index is 1.55. The van der Waals surface area contributed by atoms with Crippen LogP contribution in [0, 0.1) is 12.8 Å². The molecule has 1 N–H and O–H groups in total. The molecule has 0 unspecified atom stereocenters. The van der Waals surface area contributed by atoms with Gasteiger partial charge in [-0.3, -0.25) is 4.79 Å². The van der Waals surface area contributed by atoms with Gasteiger partial charge < -0.3 is 9.32 Å². The Kier molecular flexibility index (Phi) is 5.70. The van der Waals surface area contributed by atoms with Crippen LogP contribution in [0.2, 0.25) is 5.02 Å². The quantitative estimate of drug-likeness (QED) is 0.842. The molecule has 2 aromatic rings. The number of aryl methyl sites for hydroxylation is 1. The molecule has 140 valence electrons. The maximum atomic E-state index is 12.5. The van der Waals surface area contributed by atoms with Gasteiger partial charge in [0.1, 0.15) is 6.26 Å². The lowest BCUT2D eigenvalue weighted by Gasteiger charge is -2.31. The van der Waals surface area contributed by atoms with Gasteiger partial charge in [-0.15, -0.1) is 0 Å². The summed E-state index contributed by atoms with van der Waals surface area (Å²) in [5.74, 6) is 0.144. The SMILES string of the molecule is Cc1ccc(Cl)cc1S(=O)(=O)NCC1CCN(C(=O)c2ccoc2)CC1. The molecule has 0 radical (unpaired) electrons. The highest BCUT2D eigenvalue weighted by atomic mass is 35.5. The third-order valence-electron chi connectivity index (χ3n) is 4.67. The van der Waals surface area contributed by atoms with Crippen LogP contribution in [-0.2, 0) is 10.0 Å². The minimum Gasteiger partial charge on any atom is -0.472 e. The van der Waals surface area contributed by atoms with Gasteiger partial charge in [-0.1, -0.05) is 17.7 Å². The summed E-state index contributed by atoms with van der Waals surface area (Å²) in [5, 5.41) is 0.391. The van der Waals surface area contributed by atoms with Crippen molar-refractivity contribution in [2.45, 2.75) is 24.7 Å². The molecule has 6 nitrogen and oxygen atoms in total. The molecule has 0 bridgehead atoms. The van der Waals surface area contributed by atoms with Crippen LogP contribution in [0.1, 0.15) is 28.8 Å². The zero-order valence-electron chi connectivity index (χ0n) is 14.4. The van der Waals surface area contributed by atoms with Crippen molar-refractivity contribution in [3.8, 4) is 0 Å². The van der Waals surface area contributed by atoms with Crippen LogP contribution >= 0.6 is 11.6 Å². The van der Waals surface area contributed by atoms with Gasteiger partial charge in [-0.25, -0.2) is 13.1 Å². The lowest BCUT2D eigenvalue weighted by molar-refractivity contribution is 0.0691. The highest BCUT2D eigenvalue weighted by molar-refractivity contribution is 7.89. The van der Waals surface area contributed by atoms with Crippen molar-refractivity contribution in [1.29, 1.82) is 0 Å². The molecule has 1 aromatic heterocycles. The molecule has 0 spiro atoms. The highest BCUT2D eigenvalue weighted by Crippen LogP contribution is 2.22. The summed E-state index contributed by atoms with van der Waals surface area (Å²) >= 11 is 5.92. The first-order valence-electron chi connectivity index (χ1n) is 8.44. The van der Waals surface area contributed by atoms with Crippen molar-refractivity contribution in [1.82, 2.24) is 9.62 Å². The number of amides is 1. The first-order valence-corrected chi connectivity index (χ1v) is 10.3. The number of sulfonamides is 1. The van der Waals surface area contributed by atoms with Gasteiger partial charge in [0.05, 0.1) is 16.7 Å². The van der Waals surface area contributed by atoms with Gasteiger partial charge in [0.25, 0.3) is 5.91 Å². The molecule has 0 aliphatic carbocycles. The van der Waals surface area contributed by atoms with Crippen LogP contribution in [0.15, 0.2) is 46.1 Å². The number of carbonyl (C=O) groups excluding carboxylic acids is 1. The van der Waals surface area contributed by atoms with E-state index in [0.717, 1.165) is 12.8 Å². The maximum absolute atomic E-state index is 12.5. The van der Waals surface area contributed by atoms with Gasteiger partial charge in [-0.05, 0) is 49.4 Å². The van der Waals surface area contributed by atoms with Crippen LogP contribution in [-0.4, -0.2) is 38.9 Å². The summed E-state index contributed by atoms with van der Waals surface area (Å²) in [6, 6.07) is 6.47. The van der Waals surface area contributed by atoms with Crippen molar-refractivity contribution in [2.24, 2.45) is 5.92 Å². The zero-order chi connectivity index (χ0) is 18.7. The zero-order valence-corrected chi connectivity index (χ0v) is 16.0. The molecule has 2 heterocycles. The number of piperidine rings is 1. The Morgan fingerprint density at radius 3 is 2.69 bits per heavy atom. The fourth-order valence-corrected chi connectivity index (χ4v) is 4.70. The van der Waals surface area contributed by atoms with Gasteiger partial charge in [-0.2, -0.15) is 0 Å². The van der Waals surface area contributed by atoms with E-state index in [1.807, 2.05) is 0 Å². The predicted molar refractivity (Wildman–Crippen MR) is 98.7 cm³/mol. The molecule has 3 rings (SSSR count). The predicted octanol–water partition coefficient (Wildman–Crippen LogP) is 3.07. The maximum Gasteiger partial charge on any atom is 0.257 e. The molecular formula is C18H21ClN2O4S. The van der Waals surface area contributed by atoms with Crippen molar-refractivity contribution >= 4 is 27.5 Å². The minimum absolute atomic E-state index is 0.0488. The van der Waals surface area contributed by atoms with E-state index in [0.29, 0.717) is 35.8 Å². The second kappa shape index (κ2) is 7.82. The fourth-order valence-electron chi connectivity index (χ4n) is 3.08. The standard InChI is InChI=1S/C18H21ClN2O4S/c1-13-2-3-16(19)10-17(13)26(23,24)20-11-14-4-7-21(8-5-14)18(22)15-6-9-25-12-15/h2-3,6,9-10,12,14,20H,4-5,7-8,11H2,1H3. The lowest BCUT2D eigenvalue weighted by atomic mass is 9.97. The second-order valence-electron chi connectivity index (χ2n) is 6.51. The van der Waals surface area contributed by atoms with E-state index in [9.17, 15) is 13.2 Å². The summed E-state index contributed by atoms with van der Waals surface area (Å²) in [7, 11) is -3.61. The Hall–Kier alpha value is -1.83. The number of carbonyl (C=O) groups is 1. The van der Waals surface area contributed by atoms with E-state index < -0.39 is 10.0 Å². The van der Waals surface area contributed by atoms with Crippen molar-refractivity contribution in [3.05, 3.63) is 52.9 Å². The van der Waals surface area contributed by atoms with Crippen molar-refractivity contribution in [3.63, 3.8) is 0 Å². The second-order valence-corrected chi connectivity index (χ2v) is 8.68. The molecule has 26 heavy (non-hydrogen) atoms. The van der Waals surface area contributed by atoms with E-state index in [2.05, 4.69) is 4.72 Å². The topological polar surface area (TPSA) is 79.6 Å². The van der Waals surface area contributed by atoms with E-state index in [1.165, 1.54) is 18.6 Å². The normalized spacial score (nSPS) is 16.0. The van der Waals surface area contributed by atoms with Crippen LogP contribution in [0.3, 0.4) is 0 Å². The number of benzene rings is 1. The van der Waals surface area contributed by atoms with Crippen molar-refractivity contribution in [2.75, 3.05) is 19.6 Å². The number of likely N-dealkylation sites (tertiary alicyclic amines) is 1. The molecule has 1 fully saturated rings. The number of nitrogens with one attached hydrogen (secondary N) is 1. The van der Waals surface area contributed by atoms with Crippen LogP contribution in [0.25, 0.3) is 0 Å². The largest absolute Gasteiger partial charge is 0.472 e. The van der Waals surface area contributed by atoms with Crippen LogP contribution < -0.4 is 4.72 Å². The lowest BCUT2D eigenvalue weighted by Crippen LogP contribution is -2.41. The Labute approximate surface area is 158 Å². The van der Waals surface area contributed by atoms with E-state index in [-0.39, 0.29) is 16.7 Å². The Morgan fingerprint density at radius 2 is 2.04 bits per heavy atom. The summed E-state index contributed by atoms with van der Waals surface area (Å²) < 4.78 is 32.7. The number of hydrogen-bond donors (Lipinski definition) is 1. The first-order chi connectivity index (χ1) is 12.4. The van der Waals surface area contributed by atoms with Gasteiger partial charge >= 0.3 is 0 Å². The molecule has 1 aromatic carbocycles. The summed E-state index contributed by atoms with van der Waals surface area (Å²) in [4.78, 5) is 14.3. The van der Waals surface area contributed by atoms with Crippen molar-refractivity contribution < 1.29 is 17.6 Å². The molecule has 0 saturated carbocycles.